The Morgan fingerprint density at radius 1 is 1.33 bits per heavy atom. The minimum atomic E-state index is 0.228. The highest BCUT2D eigenvalue weighted by atomic mass is 16.5. The number of rotatable bonds is 7. The average Bonchev–Trinajstić information content (AvgIpc) is 2.76. The molecule has 0 spiro atoms. The van der Waals surface area contributed by atoms with Gasteiger partial charge < -0.3 is 15.8 Å². The maximum absolute atomic E-state index is 11.6. The first-order valence-electron chi connectivity index (χ1n) is 5.90. The summed E-state index contributed by atoms with van der Waals surface area (Å²) in [5.41, 5.74) is 5.28. The Hall–Kier alpha value is -0.610. The van der Waals surface area contributed by atoms with Crippen molar-refractivity contribution in [3.8, 4) is 0 Å². The van der Waals surface area contributed by atoms with Crippen molar-refractivity contribution in [1.29, 1.82) is 0 Å². The van der Waals surface area contributed by atoms with Crippen molar-refractivity contribution < 1.29 is 9.53 Å². The van der Waals surface area contributed by atoms with Crippen LogP contribution in [-0.2, 0) is 9.53 Å². The topological polar surface area (TPSA) is 64.3 Å². The first kappa shape index (κ1) is 12.5. The summed E-state index contributed by atoms with van der Waals surface area (Å²) in [6.07, 6.45) is 5.42. The molecule has 0 radical (unpaired) electrons. The first-order valence-corrected chi connectivity index (χ1v) is 5.90. The van der Waals surface area contributed by atoms with Crippen molar-refractivity contribution in [2.24, 2.45) is 11.7 Å². The molecule has 1 fully saturated rings. The second-order valence-electron chi connectivity index (χ2n) is 4.03. The van der Waals surface area contributed by atoms with E-state index in [4.69, 9.17) is 10.5 Å². The highest BCUT2D eigenvalue weighted by Crippen LogP contribution is 2.24. The fourth-order valence-electron chi connectivity index (χ4n) is 1.90. The fraction of sp³-hybridized carbons (Fsp3) is 0.909. The van der Waals surface area contributed by atoms with Crippen LogP contribution in [-0.4, -0.2) is 32.2 Å². The molecule has 0 aromatic heterocycles. The molecule has 0 aliphatic heterocycles. The van der Waals surface area contributed by atoms with Gasteiger partial charge >= 0.3 is 0 Å². The van der Waals surface area contributed by atoms with Crippen LogP contribution in [0.4, 0.5) is 0 Å². The van der Waals surface area contributed by atoms with Gasteiger partial charge in [-0.05, 0) is 19.3 Å². The molecule has 0 aromatic carbocycles. The van der Waals surface area contributed by atoms with Crippen LogP contribution in [0.1, 0.15) is 32.1 Å². The molecule has 15 heavy (non-hydrogen) atoms. The molecular weight excluding hydrogens is 192 g/mol. The van der Waals surface area contributed by atoms with Crippen molar-refractivity contribution in [3.05, 3.63) is 0 Å². The molecular formula is C11H22N2O2. The molecule has 88 valence electrons. The van der Waals surface area contributed by atoms with Crippen molar-refractivity contribution in [2.45, 2.75) is 32.1 Å². The molecule has 0 unspecified atom stereocenters. The Bertz CT molecular complexity index is 179. The maximum atomic E-state index is 11.6. The monoisotopic (exact) mass is 214 g/mol. The van der Waals surface area contributed by atoms with E-state index in [9.17, 15) is 4.79 Å². The quantitative estimate of drug-likeness (QED) is 0.612. The Labute approximate surface area is 91.5 Å². The molecule has 0 heterocycles. The molecule has 0 aromatic rings. The van der Waals surface area contributed by atoms with Crippen LogP contribution >= 0.6 is 0 Å². The van der Waals surface area contributed by atoms with Crippen molar-refractivity contribution in [3.63, 3.8) is 0 Å². The van der Waals surface area contributed by atoms with Gasteiger partial charge in [0.05, 0.1) is 6.61 Å². The molecule has 0 saturated heterocycles. The molecule has 3 N–H and O–H groups in total. The normalized spacial score (nSPS) is 16.9. The Kier molecular flexibility index (Phi) is 6.36. The highest BCUT2D eigenvalue weighted by Gasteiger charge is 2.21. The minimum Gasteiger partial charge on any atom is -0.380 e. The summed E-state index contributed by atoms with van der Waals surface area (Å²) < 4.78 is 5.21. The summed E-state index contributed by atoms with van der Waals surface area (Å²) in [5.74, 6) is 0.501. The van der Waals surface area contributed by atoms with Gasteiger partial charge in [-0.2, -0.15) is 0 Å². The van der Waals surface area contributed by atoms with Gasteiger partial charge in [0, 0.05) is 25.6 Å². The molecule has 4 nitrogen and oxygen atoms in total. The van der Waals surface area contributed by atoms with E-state index in [0.29, 0.717) is 19.8 Å². The van der Waals surface area contributed by atoms with Crippen molar-refractivity contribution in [2.75, 3.05) is 26.3 Å². The number of ether oxygens (including phenoxy) is 1. The smallest absolute Gasteiger partial charge is 0.223 e. The number of carbonyl (C=O) groups excluding carboxylic acids is 1. The second kappa shape index (κ2) is 7.65. The van der Waals surface area contributed by atoms with Gasteiger partial charge in [-0.3, -0.25) is 4.79 Å². The lowest BCUT2D eigenvalue weighted by molar-refractivity contribution is -0.124. The number of nitrogens with one attached hydrogen (secondary N) is 1. The Morgan fingerprint density at radius 3 is 2.73 bits per heavy atom. The fourth-order valence-corrected chi connectivity index (χ4v) is 1.90. The molecule has 1 aliphatic rings. The van der Waals surface area contributed by atoms with Gasteiger partial charge in [0.2, 0.25) is 5.91 Å². The van der Waals surface area contributed by atoms with Crippen LogP contribution in [0, 0.1) is 5.92 Å². The number of amides is 1. The summed E-state index contributed by atoms with van der Waals surface area (Å²) in [7, 11) is 0. The maximum Gasteiger partial charge on any atom is 0.223 e. The van der Waals surface area contributed by atoms with Crippen LogP contribution in [0.25, 0.3) is 0 Å². The van der Waals surface area contributed by atoms with E-state index < -0.39 is 0 Å². The zero-order valence-electron chi connectivity index (χ0n) is 9.34. The predicted octanol–water partition coefficient (Wildman–Crippen LogP) is 0.658. The SMILES string of the molecule is NCCOCCCNC(=O)C1CCCC1. The van der Waals surface area contributed by atoms with Gasteiger partial charge in [0.25, 0.3) is 0 Å². The standard InChI is InChI=1S/C11H22N2O2/c12-6-9-15-8-3-7-13-11(14)10-4-1-2-5-10/h10H,1-9,12H2,(H,13,14). The largest absolute Gasteiger partial charge is 0.380 e. The van der Waals surface area contributed by atoms with E-state index in [-0.39, 0.29) is 11.8 Å². The third-order valence-electron chi connectivity index (χ3n) is 2.75. The summed E-state index contributed by atoms with van der Waals surface area (Å²) in [4.78, 5) is 11.6. The molecule has 4 heteroatoms. The van der Waals surface area contributed by atoms with Crippen LogP contribution in [0.5, 0.6) is 0 Å². The van der Waals surface area contributed by atoms with Crippen molar-refractivity contribution in [1.82, 2.24) is 5.32 Å². The van der Waals surface area contributed by atoms with E-state index >= 15 is 0 Å². The van der Waals surface area contributed by atoms with Crippen molar-refractivity contribution >= 4 is 5.91 Å². The third-order valence-corrected chi connectivity index (χ3v) is 2.75. The summed E-state index contributed by atoms with van der Waals surface area (Å²) in [6, 6.07) is 0. The lowest BCUT2D eigenvalue weighted by Crippen LogP contribution is -2.30. The number of hydrogen-bond donors (Lipinski definition) is 2. The minimum absolute atomic E-state index is 0.228. The van der Waals surface area contributed by atoms with E-state index in [0.717, 1.165) is 25.8 Å². The van der Waals surface area contributed by atoms with Crippen LogP contribution < -0.4 is 11.1 Å². The van der Waals surface area contributed by atoms with Gasteiger partial charge in [0.15, 0.2) is 0 Å². The third kappa shape index (κ3) is 5.14. The lowest BCUT2D eigenvalue weighted by atomic mass is 10.1. The zero-order valence-corrected chi connectivity index (χ0v) is 9.34. The van der Waals surface area contributed by atoms with E-state index in [2.05, 4.69) is 5.32 Å². The summed E-state index contributed by atoms with van der Waals surface area (Å²) >= 11 is 0. The Balaban J connectivity index is 1.92. The van der Waals surface area contributed by atoms with Gasteiger partial charge in [-0.15, -0.1) is 0 Å². The predicted molar refractivity (Wildman–Crippen MR) is 59.5 cm³/mol. The number of hydrogen-bond acceptors (Lipinski definition) is 3. The van der Waals surface area contributed by atoms with Crippen LogP contribution in [0.2, 0.25) is 0 Å². The lowest BCUT2D eigenvalue weighted by Gasteiger charge is -2.10. The molecule has 0 atom stereocenters. The van der Waals surface area contributed by atoms with E-state index in [1.165, 1.54) is 12.8 Å². The van der Waals surface area contributed by atoms with Crippen LogP contribution in [0.3, 0.4) is 0 Å². The zero-order chi connectivity index (χ0) is 10.9. The van der Waals surface area contributed by atoms with E-state index in [1.807, 2.05) is 0 Å². The second-order valence-corrected chi connectivity index (χ2v) is 4.03. The first-order chi connectivity index (χ1) is 7.34. The highest BCUT2D eigenvalue weighted by molar-refractivity contribution is 5.78. The Morgan fingerprint density at radius 2 is 2.07 bits per heavy atom. The molecule has 1 saturated carbocycles. The van der Waals surface area contributed by atoms with Gasteiger partial charge in [-0.1, -0.05) is 12.8 Å². The molecule has 1 aliphatic carbocycles. The number of nitrogens with two attached hydrogens (primary N) is 1. The molecule has 0 bridgehead atoms. The molecule has 1 rings (SSSR count). The van der Waals surface area contributed by atoms with E-state index in [1.54, 1.807) is 0 Å². The average molecular weight is 214 g/mol. The molecule has 1 amide bonds. The number of carbonyl (C=O) groups is 1. The van der Waals surface area contributed by atoms with Gasteiger partial charge in [-0.25, -0.2) is 0 Å². The summed E-state index contributed by atoms with van der Waals surface area (Å²) in [5, 5.41) is 2.95. The summed E-state index contributed by atoms with van der Waals surface area (Å²) in [6.45, 7) is 2.58. The van der Waals surface area contributed by atoms with Gasteiger partial charge in [0.1, 0.15) is 0 Å². The van der Waals surface area contributed by atoms with Crippen LogP contribution in [0.15, 0.2) is 0 Å².